The Labute approximate surface area is 443 Å². The van der Waals surface area contributed by atoms with E-state index in [1.54, 1.807) is 0 Å². The van der Waals surface area contributed by atoms with Gasteiger partial charge in [0.05, 0.1) is 0 Å². The van der Waals surface area contributed by atoms with Gasteiger partial charge in [-0.15, -0.1) is 0 Å². The summed E-state index contributed by atoms with van der Waals surface area (Å²) in [6, 6.07) is 0. The molecule has 1 unspecified atom stereocenters. The number of carbonyl (C=O) groups excluding carboxylic acids is 3. The smallest absolute Gasteiger partial charge is 0.306 e. The highest BCUT2D eigenvalue weighted by molar-refractivity contribution is 5.71. The highest BCUT2D eigenvalue weighted by Gasteiger charge is 2.19. The second-order valence-electron chi connectivity index (χ2n) is 19.1. The third-order valence-corrected chi connectivity index (χ3v) is 12.2. The van der Waals surface area contributed by atoms with Crippen molar-refractivity contribution in [3.63, 3.8) is 0 Å². The van der Waals surface area contributed by atoms with Crippen LogP contribution in [0.5, 0.6) is 0 Å². The SMILES string of the molecule is CC/C=C\C/C=C\C/C=C\C/C=C\C/C=C\C/C=C\CCCCC(=O)OC(COC(=O)CCCCCCCCCC)COC(=O)CCCCCCCCCCCCCC/C=C\C/C=C\C/C=C\C/C=C\CC. The molecule has 0 amide bonds. The number of ether oxygens (including phenoxy) is 3. The van der Waals surface area contributed by atoms with Gasteiger partial charge in [0.25, 0.3) is 0 Å². The molecule has 72 heavy (non-hydrogen) atoms. The second-order valence-corrected chi connectivity index (χ2v) is 19.1. The zero-order chi connectivity index (χ0) is 52.2. The number of unbranched alkanes of at least 4 members (excludes halogenated alkanes) is 21. The molecule has 0 fully saturated rings. The van der Waals surface area contributed by atoms with Gasteiger partial charge in [-0.25, -0.2) is 0 Å². The quantitative estimate of drug-likeness (QED) is 0.0261. The van der Waals surface area contributed by atoms with Crippen molar-refractivity contribution in [2.45, 2.75) is 264 Å². The molecule has 0 N–H and O–H groups in total. The molecule has 0 aromatic carbocycles. The van der Waals surface area contributed by atoms with Crippen molar-refractivity contribution in [2.75, 3.05) is 13.2 Å². The minimum atomic E-state index is -0.802. The van der Waals surface area contributed by atoms with E-state index in [1.165, 1.54) is 96.3 Å². The zero-order valence-electron chi connectivity index (χ0n) is 46.7. The molecule has 0 aromatic heterocycles. The Hall–Kier alpha value is -4.19. The Bertz CT molecular complexity index is 1520. The normalized spacial score (nSPS) is 13.0. The van der Waals surface area contributed by atoms with Crippen LogP contribution in [0.3, 0.4) is 0 Å². The van der Waals surface area contributed by atoms with Crippen LogP contribution in [0, 0.1) is 0 Å². The molecular formula is C66H108O6. The van der Waals surface area contributed by atoms with E-state index in [4.69, 9.17) is 14.2 Å². The fourth-order valence-electron chi connectivity index (χ4n) is 7.85. The second kappa shape index (κ2) is 59.4. The first-order valence-electron chi connectivity index (χ1n) is 29.5. The van der Waals surface area contributed by atoms with Crippen LogP contribution in [0.25, 0.3) is 0 Å². The standard InChI is InChI=1S/C66H108O6/c1-4-7-10-13-16-19-21-23-25-27-29-31-32-33-34-36-37-39-41-43-45-47-50-53-56-59-65(68)71-62-63(61-70-64(67)58-55-52-49-18-15-12-9-6-3)72-66(69)60-57-54-51-48-46-44-42-40-38-35-30-28-26-24-22-20-17-14-11-8-5-2/h7-8,10-11,16-17,19-20,23-26,29-31,35,40,42,46,48,63H,4-6,9,12-15,18,21-22,27-28,32-34,36-39,41,43-45,47,49-62H2,1-3H3/b10-7-,11-8-,19-16-,20-17-,25-23-,26-24-,31-29-,35-30-,42-40-,48-46-. The van der Waals surface area contributed by atoms with E-state index >= 15 is 0 Å². The molecule has 0 bridgehead atoms. The lowest BCUT2D eigenvalue weighted by molar-refractivity contribution is -0.167. The topological polar surface area (TPSA) is 78.9 Å². The van der Waals surface area contributed by atoms with Crippen LogP contribution in [0.2, 0.25) is 0 Å². The fourth-order valence-corrected chi connectivity index (χ4v) is 7.85. The van der Waals surface area contributed by atoms with Gasteiger partial charge < -0.3 is 14.2 Å². The van der Waals surface area contributed by atoms with E-state index in [0.717, 1.165) is 116 Å². The van der Waals surface area contributed by atoms with Gasteiger partial charge in [-0.2, -0.15) is 0 Å². The average molecular weight is 998 g/mol. The molecule has 1 atom stereocenters. The summed E-state index contributed by atoms with van der Waals surface area (Å²) >= 11 is 0. The molecule has 0 aliphatic rings. The third kappa shape index (κ3) is 56.7. The highest BCUT2D eigenvalue weighted by atomic mass is 16.6. The lowest BCUT2D eigenvalue weighted by Crippen LogP contribution is -2.30. The van der Waals surface area contributed by atoms with Crippen LogP contribution in [-0.2, 0) is 28.6 Å². The van der Waals surface area contributed by atoms with Gasteiger partial charge in [-0.05, 0) is 109 Å². The molecular weight excluding hydrogens is 889 g/mol. The van der Waals surface area contributed by atoms with Gasteiger partial charge >= 0.3 is 17.9 Å². The summed E-state index contributed by atoms with van der Waals surface area (Å²) in [5.41, 5.74) is 0. The summed E-state index contributed by atoms with van der Waals surface area (Å²) in [5, 5.41) is 0. The minimum Gasteiger partial charge on any atom is -0.462 e. The van der Waals surface area contributed by atoms with Crippen LogP contribution in [0.15, 0.2) is 122 Å². The molecule has 0 aromatic rings. The summed E-state index contributed by atoms with van der Waals surface area (Å²) in [6.07, 6.45) is 82.1. The molecule has 0 radical (unpaired) electrons. The number of carbonyl (C=O) groups is 3. The van der Waals surface area contributed by atoms with Gasteiger partial charge in [0.2, 0.25) is 0 Å². The number of esters is 3. The Balaban J connectivity index is 4.30. The van der Waals surface area contributed by atoms with Crippen molar-refractivity contribution in [1.29, 1.82) is 0 Å². The molecule has 6 heteroatoms. The monoisotopic (exact) mass is 997 g/mol. The fraction of sp³-hybridized carbons (Fsp3) is 0.652. The van der Waals surface area contributed by atoms with Crippen LogP contribution < -0.4 is 0 Å². The van der Waals surface area contributed by atoms with Crippen molar-refractivity contribution in [3.8, 4) is 0 Å². The van der Waals surface area contributed by atoms with E-state index in [-0.39, 0.29) is 37.5 Å². The summed E-state index contributed by atoms with van der Waals surface area (Å²) in [4.78, 5) is 38.0. The van der Waals surface area contributed by atoms with Crippen molar-refractivity contribution in [2.24, 2.45) is 0 Å². The van der Waals surface area contributed by atoms with Gasteiger partial charge in [-0.3, -0.25) is 14.4 Å². The number of hydrogen-bond acceptors (Lipinski definition) is 6. The van der Waals surface area contributed by atoms with Gasteiger partial charge in [0, 0.05) is 19.3 Å². The molecule has 0 saturated carbocycles. The van der Waals surface area contributed by atoms with Crippen molar-refractivity contribution >= 4 is 17.9 Å². The Morgan fingerprint density at radius 1 is 0.292 bits per heavy atom. The van der Waals surface area contributed by atoms with E-state index in [2.05, 4.69) is 142 Å². The molecule has 0 saturated heterocycles. The van der Waals surface area contributed by atoms with Crippen molar-refractivity contribution < 1.29 is 28.6 Å². The van der Waals surface area contributed by atoms with Crippen LogP contribution in [0.4, 0.5) is 0 Å². The maximum absolute atomic E-state index is 12.8. The molecule has 0 heterocycles. The predicted molar refractivity (Wildman–Crippen MR) is 311 cm³/mol. The Kier molecular flexibility index (Phi) is 55.9. The summed E-state index contributed by atoms with van der Waals surface area (Å²) < 4.78 is 16.8. The van der Waals surface area contributed by atoms with Crippen LogP contribution in [-0.4, -0.2) is 37.2 Å². The maximum Gasteiger partial charge on any atom is 0.306 e. The van der Waals surface area contributed by atoms with Crippen LogP contribution >= 0.6 is 0 Å². The largest absolute Gasteiger partial charge is 0.462 e. The summed E-state index contributed by atoms with van der Waals surface area (Å²) in [5.74, 6) is -0.948. The van der Waals surface area contributed by atoms with E-state index < -0.39 is 6.10 Å². The summed E-state index contributed by atoms with van der Waals surface area (Å²) in [7, 11) is 0. The average Bonchev–Trinajstić information content (AvgIpc) is 3.38. The Morgan fingerprint density at radius 3 is 0.875 bits per heavy atom. The number of rotatable bonds is 52. The van der Waals surface area contributed by atoms with E-state index in [9.17, 15) is 14.4 Å². The van der Waals surface area contributed by atoms with Crippen molar-refractivity contribution in [1.82, 2.24) is 0 Å². The molecule has 6 nitrogen and oxygen atoms in total. The molecule has 408 valence electrons. The predicted octanol–water partition coefficient (Wildman–Crippen LogP) is 20.0. The van der Waals surface area contributed by atoms with E-state index in [0.29, 0.717) is 19.3 Å². The molecule has 0 spiro atoms. The first kappa shape index (κ1) is 67.8. The molecule has 0 rings (SSSR count). The molecule has 0 aliphatic carbocycles. The number of allylic oxidation sites excluding steroid dienone is 20. The molecule has 0 aliphatic heterocycles. The van der Waals surface area contributed by atoms with Gasteiger partial charge in [0.1, 0.15) is 13.2 Å². The third-order valence-electron chi connectivity index (χ3n) is 12.2. The lowest BCUT2D eigenvalue weighted by Gasteiger charge is -2.18. The maximum atomic E-state index is 12.8. The first-order valence-corrected chi connectivity index (χ1v) is 29.5. The van der Waals surface area contributed by atoms with Gasteiger partial charge in [0.15, 0.2) is 6.10 Å². The first-order chi connectivity index (χ1) is 35.5. The van der Waals surface area contributed by atoms with E-state index in [1.807, 2.05) is 0 Å². The van der Waals surface area contributed by atoms with Gasteiger partial charge in [-0.1, -0.05) is 251 Å². The highest BCUT2D eigenvalue weighted by Crippen LogP contribution is 2.15. The minimum absolute atomic E-state index is 0.0971. The Morgan fingerprint density at radius 2 is 0.542 bits per heavy atom. The summed E-state index contributed by atoms with van der Waals surface area (Å²) in [6.45, 7) is 6.35. The lowest BCUT2D eigenvalue weighted by atomic mass is 10.0. The van der Waals surface area contributed by atoms with Crippen LogP contribution in [0.1, 0.15) is 258 Å². The van der Waals surface area contributed by atoms with Crippen molar-refractivity contribution in [3.05, 3.63) is 122 Å². The zero-order valence-corrected chi connectivity index (χ0v) is 46.7. The number of hydrogen-bond donors (Lipinski definition) is 0.